The van der Waals surface area contributed by atoms with E-state index in [9.17, 15) is 4.79 Å². The van der Waals surface area contributed by atoms with Crippen molar-refractivity contribution in [3.63, 3.8) is 0 Å². The Labute approximate surface area is 184 Å². The van der Waals surface area contributed by atoms with Crippen LogP contribution < -0.4 is 10.6 Å². The van der Waals surface area contributed by atoms with Gasteiger partial charge in [0.25, 0.3) is 0 Å². The number of hydrogen-bond acceptors (Lipinski definition) is 4. The predicted octanol–water partition coefficient (Wildman–Crippen LogP) is 3.38. The van der Waals surface area contributed by atoms with Crippen molar-refractivity contribution in [2.24, 2.45) is 10.9 Å². The first kappa shape index (κ1) is 24.1. The standard InChI is InChI=1S/C19H33N5OS.HI/c1-14(18-20-11-15(2)26-18)10-21-19(23-13-17(25)24(3)4)22-12-16-8-6-5-7-9-16;/h11,14,16H,5-10,12-13H2,1-4H3,(H2,21,22,23);1H. The van der Waals surface area contributed by atoms with E-state index in [-0.39, 0.29) is 36.4 Å². The number of nitrogens with one attached hydrogen (secondary N) is 2. The Morgan fingerprint density at radius 3 is 2.63 bits per heavy atom. The van der Waals surface area contributed by atoms with E-state index < -0.39 is 0 Å². The number of aromatic nitrogens is 1. The van der Waals surface area contributed by atoms with Crippen molar-refractivity contribution in [3.05, 3.63) is 16.1 Å². The average molecular weight is 507 g/mol. The first-order chi connectivity index (χ1) is 12.5. The van der Waals surface area contributed by atoms with Gasteiger partial charge in [0, 0.05) is 44.2 Å². The molecular formula is C19H34IN5OS. The summed E-state index contributed by atoms with van der Waals surface area (Å²) >= 11 is 1.73. The maximum Gasteiger partial charge on any atom is 0.243 e. The maximum atomic E-state index is 11.9. The van der Waals surface area contributed by atoms with Gasteiger partial charge in [0.05, 0.1) is 5.01 Å². The summed E-state index contributed by atoms with van der Waals surface area (Å²) < 4.78 is 0. The number of aliphatic imine (C=N–C) groups is 1. The molecule has 0 spiro atoms. The molecule has 8 heteroatoms. The van der Waals surface area contributed by atoms with Crippen LogP contribution in [0.2, 0.25) is 0 Å². The highest BCUT2D eigenvalue weighted by Crippen LogP contribution is 2.23. The molecule has 0 aromatic carbocycles. The molecule has 1 heterocycles. The van der Waals surface area contributed by atoms with Gasteiger partial charge in [-0.3, -0.25) is 4.79 Å². The van der Waals surface area contributed by atoms with Crippen LogP contribution in [0, 0.1) is 12.8 Å². The fourth-order valence-corrected chi connectivity index (χ4v) is 3.86. The molecule has 1 aromatic heterocycles. The van der Waals surface area contributed by atoms with Crippen LogP contribution >= 0.6 is 35.3 Å². The van der Waals surface area contributed by atoms with Crippen molar-refractivity contribution in [2.75, 3.05) is 33.7 Å². The molecule has 0 aliphatic heterocycles. The highest BCUT2D eigenvalue weighted by Gasteiger charge is 2.15. The first-order valence-corrected chi connectivity index (χ1v) is 10.4. The number of carbonyl (C=O) groups is 1. The summed E-state index contributed by atoms with van der Waals surface area (Å²) in [5.41, 5.74) is 0. The SMILES string of the molecule is Cc1cnc(C(C)CNC(=NCC(=O)N(C)C)NCC2CCCCC2)s1.I. The molecule has 0 bridgehead atoms. The van der Waals surface area contributed by atoms with E-state index in [0.717, 1.165) is 24.1 Å². The van der Waals surface area contributed by atoms with Crippen LogP contribution in [0.15, 0.2) is 11.2 Å². The highest BCUT2D eigenvalue weighted by atomic mass is 127. The van der Waals surface area contributed by atoms with Gasteiger partial charge in [0.15, 0.2) is 5.96 Å². The lowest BCUT2D eigenvalue weighted by Crippen LogP contribution is -2.42. The van der Waals surface area contributed by atoms with Gasteiger partial charge in [-0.2, -0.15) is 0 Å². The monoisotopic (exact) mass is 507 g/mol. The molecule has 1 fully saturated rings. The number of guanidine groups is 1. The second-order valence-electron chi connectivity index (χ2n) is 7.43. The van der Waals surface area contributed by atoms with Gasteiger partial charge in [-0.25, -0.2) is 9.98 Å². The van der Waals surface area contributed by atoms with Gasteiger partial charge in [0.2, 0.25) is 5.91 Å². The number of hydrogen-bond donors (Lipinski definition) is 2. The molecule has 1 aromatic rings. The Balaban J connectivity index is 0.00000364. The Morgan fingerprint density at radius 1 is 1.33 bits per heavy atom. The Kier molecular flexibility index (Phi) is 11.2. The molecule has 2 rings (SSSR count). The molecule has 2 N–H and O–H groups in total. The number of rotatable bonds is 7. The number of carbonyl (C=O) groups excluding carboxylic acids is 1. The van der Waals surface area contributed by atoms with Gasteiger partial charge < -0.3 is 15.5 Å². The van der Waals surface area contributed by atoms with E-state index in [4.69, 9.17) is 0 Å². The van der Waals surface area contributed by atoms with Crippen molar-refractivity contribution in [2.45, 2.75) is 51.9 Å². The number of thiazole rings is 1. The van der Waals surface area contributed by atoms with Gasteiger partial charge in [0.1, 0.15) is 6.54 Å². The van der Waals surface area contributed by atoms with Crippen molar-refractivity contribution >= 4 is 47.2 Å². The van der Waals surface area contributed by atoms with Crippen molar-refractivity contribution < 1.29 is 4.79 Å². The third kappa shape index (κ3) is 8.76. The lowest BCUT2D eigenvalue weighted by atomic mass is 9.89. The number of likely N-dealkylation sites (N-methyl/N-ethyl adjacent to an activating group) is 1. The topological polar surface area (TPSA) is 69.6 Å². The zero-order valence-electron chi connectivity index (χ0n) is 17.0. The van der Waals surface area contributed by atoms with Crippen LogP contribution in [0.3, 0.4) is 0 Å². The number of halogens is 1. The Morgan fingerprint density at radius 2 is 2.04 bits per heavy atom. The summed E-state index contributed by atoms with van der Waals surface area (Å²) in [5.74, 6) is 1.75. The van der Waals surface area contributed by atoms with Crippen molar-refractivity contribution in [3.8, 4) is 0 Å². The predicted molar refractivity (Wildman–Crippen MR) is 124 cm³/mol. The second kappa shape index (κ2) is 12.5. The quantitative estimate of drug-likeness (QED) is 0.338. The van der Waals surface area contributed by atoms with E-state index in [1.807, 2.05) is 6.20 Å². The molecule has 154 valence electrons. The Bertz CT molecular complexity index is 599. The molecule has 1 aliphatic carbocycles. The molecule has 1 aliphatic rings. The molecule has 27 heavy (non-hydrogen) atoms. The molecule has 6 nitrogen and oxygen atoms in total. The van der Waals surface area contributed by atoms with Crippen LogP contribution in [-0.4, -0.2) is 55.5 Å². The molecule has 0 saturated heterocycles. The molecular weight excluding hydrogens is 473 g/mol. The number of nitrogens with zero attached hydrogens (tertiary/aromatic N) is 3. The van der Waals surface area contributed by atoms with E-state index >= 15 is 0 Å². The van der Waals surface area contributed by atoms with Gasteiger partial charge in [-0.15, -0.1) is 35.3 Å². The normalized spacial score (nSPS) is 16.4. The van der Waals surface area contributed by atoms with Gasteiger partial charge in [-0.05, 0) is 25.7 Å². The third-order valence-electron chi connectivity index (χ3n) is 4.79. The maximum absolute atomic E-state index is 11.9. The summed E-state index contributed by atoms with van der Waals surface area (Å²) in [6.45, 7) is 6.08. The molecule has 0 radical (unpaired) electrons. The second-order valence-corrected chi connectivity index (χ2v) is 8.70. The van der Waals surface area contributed by atoms with Crippen LogP contribution in [0.4, 0.5) is 0 Å². The average Bonchev–Trinajstić information content (AvgIpc) is 3.07. The third-order valence-corrected chi connectivity index (χ3v) is 5.93. The largest absolute Gasteiger partial charge is 0.356 e. The van der Waals surface area contributed by atoms with Gasteiger partial charge in [-0.1, -0.05) is 26.2 Å². The number of amides is 1. The van der Waals surface area contributed by atoms with E-state index in [2.05, 4.69) is 34.5 Å². The summed E-state index contributed by atoms with van der Waals surface area (Å²) in [6, 6.07) is 0. The van der Waals surface area contributed by atoms with Crippen molar-refractivity contribution in [1.82, 2.24) is 20.5 Å². The molecule has 1 amide bonds. The smallest absolute Gasteiger partial charge is 0.243 e. The lowest BCUT2D eigenvalue weighted by molar-refractivity contribution is -0.127. The fourth-order valence-electron chi connectivity index (χ4n) is 3.03. The minimum Gasteiger partial charge on any atom is -0.356 e. The number of aryl methyl sites for hydroxylation is 1. The zero-order chi connectivity index (χ0) is 18.9. The van der Waals surface area contributed by atoms with E-state index in [1.165, 1.54) is 37.0 Å². The minimum absolute atomic E-state index is 0. The molecule has 1 saturated carbocycles. The van der Waals surface area contributed by atoms with Crippen LogP contribution in [0.25, 0.3) is 0 Å². The summed E-state index contributed by atoms with van der Waals surface area (Å²) in [4.78, 5) is 23.6. The fraction of sp³-hybridized carbons (Fsp3) is 0.737. The van der Waals surface area contributed by atoms with Crippen LogP contribution in [-0.2, 0) is 4.79 Å². The van der Waals surface area contributed by atoms with E-state index in [1.54, 1.807) is 30.3 Å². The lowest BCUT2D eigenvalue weighted by Gasteiger charge is -2.23. The van der Waals surface area contributed by atoms with Crippen LogP contribution in [0.1, 0.15) is 54.8 Å². The molecule has 1 atom stereocenters. The highest BCUT2D eigenvalue weighted by molar-refractivity contribution is 14.0. The van der Waals surface area contributed by atoms with E-state index in [0.29, 0.717) is 11.8 Å². The van der Waals surface area contributed by atoms with Crippen LogP contribution in [0.5, 0.6) is 0 Å². The summed E-state index contributed by atoms with van der Waals surface area (Å²) in [7, 11) is 3.51. The summed E-state index contributed by atoms with van der Waals surface area (Å²) in [6.07, 6.45) is 8.50. The van der Waals surface area contributed by atoms with Crippen molar-refractivity contribution in [1.29, 1.82) is 0 Å². The zero-order valence-corrected chi connectivity index (χ0v) is 20.1. The summed E-state index contributed by atoms with van der Waals surface area (Å²) in [5, 5.41) is 7.97. The first-order valence-electron chi connectivity index (χ1n) is 9.60. The molecule has 1 unspecified atom stereocenters. The minimum atomic E-state index is 0. The Hall–Kier alpha value is -0.900. The van der Waals surface area contributed by atoms with Gasteiger partial charge >= 0.3 is 0 Å².